The number of anilines is 1. The standard InChI is InChI=1S/C21H26Cl2N2O4S/c1-5-20(25(30(4,27)28)18-12-16(22)11-17(23)13-18)21(26)24-6-7-29-19-9-14(2)8-15(3)10-19/h8-13,20H,5-7H2,1-4H3,(H,24,26)/t20-/m0/s1. The van der Waals surface area contributed by atoms with E-state index in [2.05, 4.69) is 5.32 Å². The molecule has 0 aliphatic heterocycles. The molecular formula is C21H26Cl2N2O4S. The van der Waals surface area contributed by atoms with Gasteiger partial charge < -0.3 is 10.1 Å². The van der Waals surface area contributed by atoms with Gasteiger partial charge in [-0.15, -0.1) is 0 Å². The fourth-order valence-corrected chi connectivity index (χ4v) is 4.91. The molecule has 9 heteroatoms. The fraction of sp³-hybridized carbons (Fsp3) is 0.381. The van der Waals surface area contributed by atoms with Gasteiger partial charge in [0.25, 0.3) is 0 Å². The number of amides is 1. The Morgan fingerprint density at radius 3 is 2.13 bits per heavy atom. The smallest absolute Gasteiger partial charge is 0.244 e. The predicted octanol–water partition coefficient (Wildman–Crippen LogP) is 4.35. The lowest BCUT2D eigenvalue weighted by atomic mass is 10.1. The molecule has 6 nitrogen and oxygen atoms in total. The van der Waals surface area contributed by atoms with Crippen LogP contribution in [0.5, 0.6) is 5.75 Å². The average Bonchev–Trinajstić information content (AvgIpc) is 2.60. The number of benzene rings is 2. The Bertz CT molecular complexity index is 972. The minimum absolute atomic E-state index is 0.232. The highest BCUT2D eigenvalue weighted by Crippen LogP contribution is 2.29. The summed E-state index contributed by atoms with van der Waals surface area (Å²) in [6.45, 7) is 6.19. The second kappa shape index (κ2) is 10.4. The SMILES string of the molecule is CC[C@@H](C(=O)NCCOc1cc(C)cc(C)c1)N(c1cc(Cl)cc(Cl)c1)S(C)(=O)=O. The van der Waals surface area contributed by atoms with Crippen LogP contribution in [0.15, 0.2) is 36.4 Å². The molecule has 0 radical (unpaired) electrons. The molecular weight excluding hydrogens is 447 g/mol. The predicted molar refractivity (Wildman–Crippen MR) is 122 cm³/mol. The zero-order chi connectivity index (χ0) is 22.5. The van der Waals surface area contributed by atoms with Crippen LogP contribution < -0.4 is 14.4 Å². The summed E-state index contributed by atoms with van der Waals surface area (Å²) in [5.41, 5.74) is 2.41. The monoisotopic (exact) mass is 472 g/mol. The number of carbonyl (C=O) groups is 1. The van der Waals surface area contributed by atoms with Crippen molar-refractivity contribution in [3.8, 4) is 5.75 Å². The number of hydrogen-bond acceptors (Lipinski definition) is 4. The molecule has 0 aliphatic carbocycles. The Hall–Kier alpha value is -1.96. The molecule has 0 heterocycles. The second-order valence-electron chi connectivity index (χ2n) is 7.07. The van der Waals surface area contributed by atoms with E-state index in [0.29, 0.717) is 0 Å². The fourth-order valence-electron chi connectivity index (χ4n) is 3.20. The van der Waals surface area contributed by atoms with Gasteiger partial charge in [0.15, 0.2) is 0 Å². The van der Waals surface area contributed by atoms with Crippen molar-refractivity contribution in [1.29, 1.82) is 0 Å². The van der Waals surface area contributed by atoms with Crippen LogP contribution in [-0.2, 0) is 14.8 Å². The van der Waals surface area contributed by atoms with Crippen LogP contribution in [0.2, 0.25) is 10.0 Å². The molecule has 0 aliphatic rings. The van der Waals surface area contributed by atoms with E-state index in [0.717, 1.165) is 27.4 Å². The maximum atomic E-state index is 12.8. The van der Waals surface area contributed by atoms with Gasteiger partial charge in [0.2, 0.25) is 15.9 Å². The van der Waals surface area contributed by atoms with E-state index >= 15 is 0 Å². The Morgan fingerprint density at radius 2 is 1.63 bits per heavy atom. The van der Waals surface area contributed by atoms with Crippen molar-refractivity contribution in [3.63, 3.8) is 0 Å². The van der Waals surface area contributed by atoms with Crippen LogP contribution in [0.25, 0.3) is 0 Å². The summed E-state index contributed by atoms with van der Waals surface area (Å²) in [6, 6.07) is 9.36. The molecule has 0 unspecified atom stereocenters. The number of aryl methyl sites for hydroxylation is 2. The van der Waals surface area contributed by atoms with Crippen LogP contribution in [0.4, 0.5) is 5.69 Å². The number of nitrogens with one attached hydrogen (secondary N) is 1. The lowest BCUT2D eigenvalue weighted by molar-refractivity contribution is -0.122. The van der Waals surface area contributed by atoms with Gasteiger partial charge in [0.05, 0.1) is 18.5 Å². The Kier molecular flexibility index (Phi) is 8.41. The highest BCUT2D eigenvalue weighted by molar-refractivity contribution is 7.92. The normalized spacial score (nSPS) is 12.3. The van der Waals surface area contributed by atoms with Gasteiger partial charge in [-0.05, 0) is 61.7 Å². The Morgan fingerprint density at radius 1 is 1.07 bits per heavy atom. The van der Waals surface area contributed by atoms with Crippen molar-refractivity contribution >= 4 is 44.8 Å². The maximum Gasteiger partial charge on any atom is 0.244 e. The summed E-state index contributed by atoms with van der Waals surface area (Å²) in [4.78, 5) is 12.8. The van der Waals surface area contributed by atoms with Crippen LogP contribution in [-0.4, -0.2) is 39.8 Å². The molecule has 2 rings (SSSR count). The molecule has 0 aromatic heterocycles. The molecule has 1 amide bonds. The third-order valence-electron chi connectivity index (χ3n) is 4.30. The lowest BCUT2D eigenvalue weighted by Crippen LogP contribution is -2.50. The van der Waals surface area contributed by atoms with E-state index in [9.17, 15) is 13.2 Å². The number of sulfonamides is 1. The quantitative estimate of drug-likeness (QED) is 0.550. The van der Waals surface area contributed by atoms with E-state index in [-0.39, 0.29) is 35.3 Å². The van der Waals surface area contributed by atoms with Crippen LogP contribution >= 0.6 is 23.2 Å². The van der Waals surface area contributed by atoms with E-state index in [1.54, 1.807) is 6.92 Å². The molecule has 1 N–H and O–H groups in total. The van der Waals surface area contributed by atoms with Gasteiger partial charge in [-0.1, -0.05) is 36.2 Å². The van der Waals surface area contributed by atoms with Crippen LogP contribution in [0, 0.1) is 13.8 Å². The van der Waals surface area contributed by atoms with E-state index in [4.69, 9.17) is 27.9 Å². The molecule has 0 saturated heterocycles. The van der Waals surface area contributed by atoms with Crippen LogP contribution in [0.1, 0.15) is 24.5 Å². The molecule has 0 fully saturated rings. The first-order chi connectivity index (χ1) is 14.0. The molecule has 30 heavy (non-hydrogen) atoms. The largest absolute Gasteiger partial charge is 0.492 e. The summed E-state index contributed by atoms with van der Waals surface area (Å²) in [6.07, 6.45) is 1.31. The number of carbonyl (C=O) groups excluding carboxylic acids is 1. The second-order valence-corrected chi connectivity index (χ2v) is 9.81. The molecule has 0 saturated carbocycles. The lowest BCUT2D eigenvalue weighted by Gasteiger charge is -2.30. The number of ether oxygens (including phenoxy) is 1. The molecule has 0 bridgehead atoms. The first kappa shape index (κ1) is 24.3. The van der Waals surface area contributed by atoms with Gasteiger partial charge in [-0.3, -0.25) is 9.10 Å². The van der Waals surface area contributed by atoms with E-state index in [1.807, 2.05) is 32.0 Å². The third kappa shape index (κ3) is 6.79. The maximum absolute atomic E-state index is 12.8. The van der Waals surface area contributed by atoms with Crippen LogP contribution in [0.3, 0.4) is 0 Å². The zero-order valence-corrected chi connectivity index (χ0v) is 19.7. The molecule has 164 valence electrons. The summed E-state index contributed by atoms with van der Waals surface area (Å²) < 4.78 is 31.7. The summed E-state index contributed by atoms with van der Waals surface area (Å²) >= 11 is 12.1. The first-order valence-electron chi connectivity index (χ1n) is 9.45. The van der Waals surface area contributed by atoms with Crippen molar-refractivity contribution in [2.24, 2.45) is 0 Å². The molecule has 0 spiro atoms. The highest BCUT2D eigenvalue weighted by atomic mass is 35.5. The summed E-state index contributed by atoms with van der Waals surface area (Å²) in [5, 5.41) is 3.31. The van der Waals surface area contributed by atoms with E-state index < -0.39 is 22.0 Å². The topological polar surface area (TPSA) is 75.7 Å². The number of nitrogens with zero attached hydrogens (tertiary/aromatic N) is 1. The van der Waals surface area contributed by atoms with E-state index in [1.165, 1.54) is 18.2 Å². The number of rotatable bonds is 9. The van der Waals surface area contributed by atoms with Crippen molar-refractivity contribution in [3.05, 3.63) is 57.6 Å². The average molecular weight is 473 g/mol. The van der Waals surface area contributed by atoms with Crippen molar-refractivity contribution in [1.82, 2.24) is 5.32 Å². The van der Waals surface area contributed by atoms with Gasteiger partial charge >= 0.3 is 0 Å². The molecule has 2 aromatic rings. The highest BCUT2D eigenvalue weighted by Gasteiger charge is 2.31. The Balaban J connectivity index is 2.10. The van der Waals surface area contributed by atoms with Gasteiger partial charge in [-0.2, -0.15) is 0 Å². The summed E-state index contributed by atoms with van der Waals surface area (Å²) in [5.74, 6) is 0.295. The Labute approximate surface area is 188 Å². The van der Waals surface area contributed by atoms with Gasteiger partial charge in [0.1, 0.15) is 18.4 Å². The molecule has 2 aromatic carbocycles. The minimum Gasteiger partial charge on any atom is -0.492 e. The van der Waals surface area contributed by atoms with Gasteiger partial charge in [0, 0.05) is 10.0 Å². The molecule has 1 atom stereocenters. The minimum atomic E-state index is -3.77. The zero-order valence-electron chi connectivity index (χ0n) is 17.4. The number of halogens is 2. The van der Waals surface area contributed by atoms with Crippen molar-refractivity contribution in [2.45, 2.75) is 33.2 Å². The number of hydrogen-bond donors (Lipinski definition) is 1. The first-order valence-corrected chi connectivity index (χ1v) is 12.1. The van der Waals surface area contributed by atoms with Crippen molar-refractivity contribution < 1.29 is 17.9 Å². The van der Waals surface area contributed by atoms with Gasteiger partial charge in [-0.25, -0.2) is 8.42 Å². The summed E-state index contributed by atoms with van der Waals surface area (Å²) in [7, 11) is -3.77. The third-order valence-corrected chi connectivity index (χ3v) is 5.91. The van der Waals surface area contributed by atoms with Crippen molar-refractivity contribution in [2.75, 3.05) is 23.7 Å².